The summed E-state index contributed by atoms with van der Waals surface area (Å²) in [6, 6.07) is -1.58. The average molecular weight is 358 g/mol. The van der Waals surface area contributed by atoms with E-state index in [0.29, 0.717) is 4.91 Å². The minimum Gasteiger partial charge on any atom is -0.480 e. The third kappa shape index (κ3) is 3.24. The molecule has 0 bridgehead atoms. The molecule has 0 aromatic heterocycles. The van der Waals surface area contributed by atoms with Gasteiger partial charge in [-0.1, -0.05) is 0 Å². The summed E-state index contributed by atoms with van der Waals surface area (Å²) < 4.78 is 0. The highest BCUT2D eigenvalue weighted by molar-refractivity contribution is 8.03. The average Bonchev–Trinajstić information content (AvgIpc) is 2.76. The van der Waals surface area contributed by atoms with Crippen LogP contribution < -0.4 is 5.32 Å². The Morgan fingerprint density at radius 1 is 1.38 bits per heavy atom. The fraction of sp³-hybridized carbons (Fsp3) is 0.571. The second kappa shape index (κ2) is 6.81. The van der Waals surface area contributed by atoms with Gasteiger partial charge in [0.05, 0.1) is 18.1 Å². The van der Waals surface area contributed by atoms with E-state index in [4.69, 9.17) is 5.11 Å². The molecule has 1 fully saturated rings. The maximum Gasteiger partial charge on any atom is 0.353 e. The molecule has 2 rings (SSSR count). The van der Waals surface area contributed by atoms with Crippen LogP contribution in [0.15, 0.2) is 10.6 Å². The summed E-state index contributed by atoms with van der Waals surface area (Å²) in [5.74, 6) is -4.16. The van der Waals surface area contributed by atoms with E-state index in [0.717, 1.165) is 16.7 Å². The molecule has 2 amide bonds. The number of carboxylic acids is 2. The Kier molecular flexibility index (Phi) is 5.19. The monoisotopic (exact) mass is 358 g/mol. The van der Waals surface area contributed by atoms with Gasteiger partial charge in [-0.3, -0.25) is 9.59 Å². The molecule has 2 heterocycles. The molecule has 2 aliphatic rings. The van der Waals surface area contributed by atoms with Gasteiger partial charge in [0.25, 0.3) is 0 Å². The van der Waals surface area contributed by atoms with E-state index in [-0.39, 0.29) is 17.9 Å². The van der Waals surface area contributed by atoms with Crippen LogP contribution in [0.4, 0.5) is 0 Å². The molecule has 2 aliphatic heterocycles. The first-order valence-corrected chi connectivity index (χ1v) is 8.24. The number of carbonyl (C=O) groups is 4. The lowest BCUT2D eigenvalue weighted by Crippen LogP contribution is -2.61. The number of rotatable bonds is 7. The standard InChI is InChI=1S/C14H18N2O7S/c1-5(17)10-8-3-9(11(14(22)23)16(8)12(10)19)24-4-7(13(20)21)15-6(2)18/h5,7-8,10,17H,3-4H2,1-2H3,(H,15,18)(H,20,21)(H,22,23)/t5?,7-,8+,10+/m0/s1. The first kappa shape index (κ1) is 18.3. The van der Waals surface area contributed by atoms with Crippen molar-refractivity contribution < 1.29 is 34.5 Å². The van der Waals surface area contributed by atoms with Crippen molar-refractivity contribution in [3.05, 3.63) is 10.6 Å². The van der Waals surface area contributed by atoms with Gasteiger partial charge in [0, 0.05) is 24.0 Å². The van der Waals surface area contributed by atoms with Crippen molar-refractivity contribution in [3.63, 3.8) is 0 Å². The number of aliphatic hydroxyl groups is 1. The molecule has 0 aromatic rings. The Labute approximate surface area is 141 Å². The van der Waals surface area contributed by atoms with E-state index >= 15 is 0 Å². The Balaban J connectivity index is 2.14. The number of hydrogen-bond donors (Lipinski definition) is 4. The fourth-order valence-corrected chi connectivity index (χ4v) is 4.17. The van der Waals surface area contributed by atoms with Crippen LogP contribution in [0.3, 0.4) is 0 Å². The van der Waals surface area contributed by atoms with Crippen LogP contribution in [-0.2, 0) is 19.2 Å². The van der Waals surface area contributed by atoms with E-state index in [1.807, 2.05) is 0 Å². The highest BCUT2D eigenvalue weighted by Gasteiger charge is 2.56. The second-order valence-corrected chi connectivity index (χ2v) is 6.84. The number of aliphatic hydroxyl groups excluding tert-OH is 1. The van der Waals surface area contributed by atoms with Crippen molar-refractivity contribution in [3.8, 4) is 0 Å². The van der Waals surface area contributed by atoms with Crippen molar-refractivity contribution >= 4 is 35.5 Å². The molecule has 1 saturated heterocycles. The summed E-state index contributed by atoms with van der Waals surface area (Å²) in [5.41, 5.74) is -0.168. The Bertz CT molecular complexity index is 631. The van der Waals surface area contributed by atoms with E-state index in [9.17, 15) is 29.4 Å². The Hall–Kier alpha value is -2.07. The van der Waals surface area contributed by atoms with Gasteiger partial charge >= 0.3 is 11.9 Å². The van der Waals surface area contributed by atoms with Gasteiger partial charge in [-0.25, -0.2) is 9.59 Å². The lowest BCUT2D eigenvalue weighted by atomic mass is 9.83. The van der Waals surface area contributed by atoms with E-state index in [2.05, 4.69) is 5.32 Å². The second-order valence-electron chi connectivity index (χ2n) is 5.73. The van der Waals surface area contributed by atoms with Crippen molar-refractivity contribution in [2.24, 2.45) is 5.92 Å². The maximum atomic E-state index is 12.0. The SMILES string of the molecule is CC(=O)N[C@@H](CSC1=C(C(=O)O)N2C(=O)[C@H](C(C)O)[C@H]2C1)C(=O)O. The topological polar surface area (TPSA) is 144 Å². The number of fused-ring (bicyclic) bond motifs is 1. The predicted molar refractivity (Wildman–Crippen MR) is 82.8 cm³/mol. The minimum absolute atomic E-state index is 0.0604. The van der Waals surface area contributed by atoms with Crippen LogP contribution in [0.5, 0.6) is 0 Å². The fourth-order valence-electron chi connectivity index (χ4n) is 2.96. The normalized spacial score (nSPS) is 25.0. The summed E-state index contributed by atoms with van der Waals surface area (Å²) in [6.07, 6.45) is -0.635. The lowest BCUT2D eigenvalue weighted by Gasteiger charge is -2.44. The molecule has 0 radical (unpaired) electrons. The third-order valence-corrected chi connectivity index (χ3v) is 5.20. The highest BCUT2D eigenvalue weighted by atomic mass is 32.2. The summed E-state index contributed by atoms with van der Waals surface area (Å²) >= 11 is 0.990. The number of nitrogens with zero attached hydrogens (tertiary/aromatic N) is 1. The molecular formula is C14H18N2O7S. The Morgan fingerprint density at radius 2 is 2.00 bits per heavy atom. The smallest absolute Gasteiger partial charge is 0.353 e. The molecule has 0 aromatic carbocycles. The number of nitrogens with one attached hydrogen (secondary N) is 1. The predicted octanol–water partition coefficient (Wildman–Crippen LogP) is -0.783. The van der Waals surface area contributed by atoms with Gasteiger partial charge in [0.15, 0.2) is 0 Å². The Morgan fingerprint density at radius 3 is 2.46 bits per heavy atom. The number of thioether (sulfide) groups is 1. The van der Waals surface area contributed by atoms with Crippen molar-refractivity contribution in [1.29, 1.82) is 0 Å². The van der Waals surface area contributed by atoms with Gasteiger partial charge in [-0.2, -0.15) is 0 Å². The number of carbonyl (C=O) groups excluding carboxylic acids is 2. The molecule has 132 valence electrons. The molecular weight excluding hydrogens is 340 g/mol. The van der Waals surface area contributed by atoms with Crippen LogP contribution in [0, 0.1) is 5.92 Å². The van der Waals surface area contributed by atoms with Gasteiger partial charge in [-0.05, 0) is 6.92 Å². The van der Waals surface area contributed by atoms with Crippen molar-refractivity contribution in [1.82, 2.24) is 10.2 Å². The quantitative estimate of drug-likeness (QED) is 0.434. The van der Waals surface area contributed by atoms with Crippen molar-refractivity contribution in [2.45, 2.75) is 38.5 Å². The maximum absolute atomic E-state index is 12.0. The molecule has 10 heteroatoms. The van der Waals surface area contributed by atoms with Crippen LogP contribution in [-0.4, -0.2) is 67.9 Å². The number of β-lactam (4-membered cyclic amide) rings is 1. The van der Waals surface area contributed by atoms with Crippen LogP contribution >= 0.6 is 11.8 Å². The number of aliphatic carboxylic acids is 2. The van der Waals surface area contributed by atoms with E-state index in [1.54, 1.807) is 0 Å². The zero-order valence-corrected chi connectivity index (χ0v) is 13.9. The van der Waals surface area contributed by atoms with Gasteiger partial charge < -0.3 is 25.5 Å². The molecule has 0 aliphatic carbocycles. The number of amides is 2. The first-order valence-electron chi connectivity index (χ1n) is 7.25. The zero-order valence-electron chi connectivity index (χ0n) is 13.1. The largest absolute Gasteiger partial charge is 0.480 e. The molecule has 9 nitrogen and oxygen atoms in total. The first-order chi connectivity index (χ1) is 11.1. The summed E-state index contributed by atoms with van der Waals surface area (Å²) in [6.45, 7) is 2.67. The molecule has 0 saturated carbocycles. The van der Waals surface area contributed by atoms with E-state index in [1.165, 1.54) is 13.8 Å². The van der Waals surface area contributed by atoms with Gasteiger partial charge in [0.2, 0.25) is 11.8 Å². The zero-order chi connectivity index (χ0) is 18.2. The molecule has 4 atom stereocenters. The molecule has 1 unspecified atom stereocenters. The summed E-state index contributed by atoms with van der Waals surface area (Å²) in [5, 5.41) is 30.4. The minimum atomic E-state index is -1.27. The number of carboxylic acid groups (broad SMARTS) is 2. The summed E-state index contributed by atoms with van der Waals surface area (Å²) in [4.78, 5) is 47.2. The van der Waals surface area contributed by atoms with Gasteiger partial charge in [-0.15, -0.1) is 11.8 Å². The molecule has 4 N–H and O–H groups in total. The lowest BCUT2D eigenvalue weighted by molar-refractivity contribution is -0.161. The molecule has 0 spiro atoms. The van der Waals surface area contributed by atoms with Crippen LogP contribution in [0.1, 0.15) is 20.3 Å². The highest BCUT2D eigenvalue weighted by Crippen LogP contribution is 2.47. The van der Waals surface area contributed by atoms with Gasteiger partial charge in [0.1, 0.15) is 11.7 Å². The van der Waals surface area contributed by atoms with Crippen molar-refractivity contribution in [2.75, 3.05) is 5.75 Å². The molecule has 24 heavy (non-hydrogen) atoms. The summed E-state index contributed by atoms with van der Waals surface area (Å²) in [7, 11) is 0. The third-order valence-electron chi connectivity index (χ3n) is 3.99. The van der Waals surface area contributed by atoms with Crippen LogP contribution in [0.25, 0.3) is 0 Å². The number of hydrogen-bond acceptors (Lipinski definition) is 6. The van der Waals surface area contributed by atoms with Crippen LogP contribution in [0.2, 0.25) is 0 Å². The van der Waals surface area contributed by atoms with E-state index < -0.39 is 47.9 Å².